The maximum absolute atomic E-state index is 12.9. The number of halogens is 1. The van der Waals surface area contributed by atoms with Crippen LogP contribution in [0, 0.1) is 13.8 Å². The summed E-state index contributed by atoms with van der Waals surface area (Å²) >= 11 is 3.40. The van der Waals surface area contributed by atoms with E-state index in [2.05, 4.69) is 21.2 Å². The molecule has 1 N–H and O–H groups in total. The lowest BCUT2D eigenvalue weighted by Gasteiger charge is -2.11. The normalized spacial score (nSPS) is 10.7. The van der Waals surface area contributed by atoms with Gasteiger partial charge in [-0.25, -0.2) is 9.78 Å². The first-order valence-corrected chi connectivity index (χ1v) is 10.9. The molecule has 32 heavy (non-hydrogen) atoms. The van der Waals surface area contributed by atoms with Gasteiger partial charge < -0.3 is 10.1 Å². The van der Waals surface area contributed by atoms with E-state index in [0.717, 1.165) is 21.2 Å². The fraction of sp³-hybridized carbons (Fsp3) is 0.115. The molecule has 4 aromatic rings. The third kappa shape index (κ3) is 4.86. The van der Waals surface area contributed by atoms with E-state index in [0.29, 0.717) is 27.8 Å². The molecule has 6 heteroatoms. The van der Waals surface area contributed by atoms with Crippen LogP contribution in [-0.2, 0) is 9.53 Å². The van der Waals surface area contributed by atoms with E-state index in [1.165, 1.54) is 0 Å². The summed E-state index contributed by atoms with van der Waals surface area (Å²) in [6.45, 7) is 3.52. The number of esters is 1. The Morgan fingerprint density at radius 1 is 0.969 bits per heavy atom. The van der Waals surface area contributed by atoms with Gasteiger partial charge in [-0.05, 0) is 49.7 Å². The van der Waals surface area contributed by atoms with Crippen molar-refractivity contribution < 1.29 is 14.3 Å². The van der Waals surface area contributed by atoms with E-state index in [9.17, 15) is 9.59 Å². The van der Waals surface area contributed by atoms with Crippen molar-refractivity contribution in [3.63, 3.8) is 0 Å². The van der Waals surface area contributed by atoms with Gasteiger partial charge in [-0.15, -0.1) is 0 Å². The van der Waals surface area contributed by atoms with Crippen LogP contribution >= 0.6 is 15.9 Å². The Kier molecular flexibility index (Phi) is 6.32. The summed E-state index contributed by atoms with van der Waals surface area (Å²) in [7, 11) is 0. The number of para-hydroxylation sites is 1. The topological polar surface area (TPSA) is 68.3 Å². The van der Waals surface area contributed by atoms with Crippen LogP contribution in [0.15, 0.2) is 77.3 Å². The van der Waals surface area contributed by atoms with Crippen molar-refractivity contribution in [3.05, 3.63) is 94.0 Å². The summed E-state index contributed by atoms with van der Waals surface area (Å²) in [5, 5.41) is 3.45. The number of aromatic nitrogens is 1. The van der Waals surface area contributed by atoms with E-state index < -0.39 is 11.9 Å². The highest BCUT2D eigenvalue weighted by atomic mass is 79.9. The predicted octanol–water partition coefficient (Wildman–Crippen LogP) is 6.08. The van der Waals surface area contributed by atoms with Gasteiger partial charge in [0.15, 0.2) is 6.61 Å². The molecule has 5 nitrogen and oxygen atoms in total. The summed E-state index contributed by atoms with van der Waals surface area (Å²) in [6, 6.07) is 22.6. The number of ether oxygens (including phenoxy) is 1. The largest absolute Gasteiger partial charge is 0.452 e. The second-order valence-electron chi connectivity index (χ2n) is 7.52. The van der Waals surface area contributed by atoms with E-state index in [4.69, 9.17) is 9.72 Å². The zero-order valence-electron chi connectivity index (χ0n) is 17.7. The molecule has 0 fully saturated rings. The van der Waals surface area contributed by atoms with E-state index >= 15 is 0 Å². The lowest BCUT2D eigenvalue weighted by atomic mass is 10.0. The molecule has 3 aromatic carbocycles. The molecule has 0 atom stereocenters. The molecule has 0 aliphatic rings. The summed E-state index contributed by atoms with van der Waals surface area (Å²) in [5.41, 5.74) is 5.35. The number of anilines is 1. The number of pyridine rings is 1. The van der Waals surface area contributed by atoms with Crippen LogP contribution in [-0.4, -0.2) is 23.5 Å². The first-order valence-electron chi connectivity index (χ1n) is 10.1. The molecule has 1 aromatic heterocycles. The number of fused-ring (bicyclic) bond motifs is 1. The maximum atomic E-state index is 12.9. The molecule has 1 amide bonds. The third-order valence-corrected chi connectivity index (χ3v) is 5.57. The minimum absolute atomic E-state index is 0.374. The number of nitrogens with one attached hydrogen (secondary N) is 1. The highest BCUT2D eigenvalue weighted by Gasteiger charge is 2.17. The molecule has 0 radical (unpaired) electrons. The number of nitrogens with zero attached hydrogens (tertiary/aromatic N) is 1. The molecule has 0 saturated heterocycles. The lowest BCUT2D eigenvalue weighted by molar-refractivity contribution is -0.119. The summed E-state index contributed by atoms with van der Waals surface area (Å²) in [4.78, 5) is 30.0. The molecule has 0 unspecified atom stereocenters. The molecule has 0 aliphatic heterocycles. The highest BCUT2D eigenvalue weighted by molar-refractivity contribution is 9.10. The number of carbonyl (C=O) groups is 2. The van der Waals surface area contributed by atoms with Gasteiger partial charge in [0.1, 0.15) is 0 Å². The minimum Gasteiger partial charge on any atom is -0.452 e. The molecule has 1 heterocycles. The first kappa shape index (κ1) is 21.7. The molecule has 160 valence electrons. The Morgan fingerprint density at radius 3 is 2.47 bits per heavy atom. The molecule has 4 rings (SSSR count). The smallest absolute Gasteiger partial charge is 0.339 e. The van der Waals surface area contributed by atoms with Gasteiger partial charge in [0.05, 0.1) is 16.8 Å². The number of benzene rings is 3. The Bertz CT molecular complexity index is 1320. The van der Waals surface area contributed by atoms with E-state index in [1.807, 2.05) is 74.5 Å². The van der Waals surface area contributed by atoms with Gasteiger partial charge in [-0.2, -0.15) is 0 Å². The third-order valence-electron chi connectivity index (χ3n) is 5.08. The number of hydrogen-bond acceptors (Lipinski definition) is 4. The Balaban J connectivity index is 1.56. The fourth-order valence-corrected chi connectivity index (χ4v) is 3.85. The van der Waals surface area contributed by atoms with Gasteiger partial charge >= 0.3 is 5.97 Å². The van der Waals surface area contributed by atoms with Crippen LogP contribution < -0.4 is 5.32 Å². The van der Waals surface area contributed by atoms with Crippen LogP contribution in [0.3, 0.4) is 0 Å². The van der Waals surface area contributed by atoms with Crippen LogP contribution in [0.2, 0.25) is 0 Å². The Hall–Kier alpha value is -3.51. The van der Waals surface area contributed by atoms with Gasteiger partial charge in [0, 0.05) is 21.1 Å². The van der Waals surface area contributed by atoms with Gasteiger partial charge in [0.2, 0.25) is 0 Å². The SMILES string of the molecule is Cc1ccc(-c2cc(C(=O)OCC(=O)Nc3ccc(Br)cc3C)c3ccccc3n2)cc1. The summed E-state index contributed by atoms with van der Waals surface area (Å²) in [5.74, 6) is -0.972. The van der Waals surface area contributed by atoms with Crippen molar-refractivity contribution in [3.8, 4) is 11.3 Å². The average Bonchev–Trinajstić information content (AvgIpc) is 2.79. The molecular weight excluding hydrogens is 468 g/mol. The summed E-state index contributed by atoms with van der Waals surface area (Å²) in [6.07, 6.45) is 0. The van der Waals surface area contributed by atoms with Gasteiger partial charge in [0.25, 0.3) is 5.91 Å². The quantitative estimate of drug-likeness (QED) is 0.345. The van der Waals surface area contributed by atoms with E-state index in [-0.39, 0.29) is 6.61 Å². The molecule has 0 saturated carbocycles. The van der Waals surface area contributed by atoms with Gasteiger partial charge in [-0.3, -0.25) is 4.79 Å². The van der Waals surface area contributed by atoms with Crippen molar-refractivity contribution in [1.82, 2.24) is 4.98 Å². The van der Waals surface area contributed by atoms with Crippen molar-refractivity contribution in [1.29, 1.82) is 0 Å². The van der Waals surface area contributed by atoms with Crippen LogP contribution in [0.1, 0.15) is 21.5 Å². The zero-order valence-corrected chi connectivity index (χ0v) is 19.3. The zero-order chi connectivity index (χ0) is 22.7. The fourth-order valence-electron chi connectivity index (χ4n) is 3.38. The lowest BCUT2D eigenvalue weighted by Crippen LogP contribution is -2.21. The first-order chi connectivity index (χ1) is 15.4. The number of carbonyl (C=O) groups excluding carboxylic acids is 2. The highest BCUT2D eigenvalue weighted by Crippen LogP contribution is 2.26. The van der Waals surface area contributed by atoms with Crippen molar-refractivity contribution in [2.24, 2.45) is 0 Å². The average molecular weight is 489 g/mol. The molecule has 0 spiro atoms. The van der Waals surface area contributed by atoms with Crippen molar-refractivity contribution in [2.45, 2.75) is 13.8 Å². The Labute approximate surface area is 194 Å². The molecular formula is C26H21BrN2O3. The number of aryl methyl sites for hydroxylation is 2. The van der Waals surface area contributed by atoms with Crippen LogP contribution in [0.5, 0.6) is 0 Å². The van der Waals surface area contributed by atoms with E-state index in [1.54, 1.807) is 12.1 Å². The number of amides is 1. The second-order valence-corrected chi connectivity index (χ2v) is 8.44. The predicted molar refractivity (Wildman–Crippen MR) is 130 cm³/mol. The Morgan fingerprint density at radius 2 is 1.72 bits per heavy atom. The van der Waals surface area contributed by atoms with Crippen molar-refractivity contribution >= 4 is 44.4 Å². The number of hydrogen-bond donors (Lipinski definition) is 1. The number of rotatable bonds is 5. The van der Waals surface area contributed by atoms with Gasteiger partial charge in [-0.1, -0.05) is 64.0 Å². The summed E-state index contributed by atoms with van der Waals surface area (Å²) < 4.78 is 6.28. The second kappa shape index (κ2) is 9.32. The monoisotopic (exact) mass is 488 g/mol. The minimum atomic E-state index is -0.570. The van der Waals surface area contributed by atoms with Crippen LogP contribution in [0.4, 0.5) is 5.69 Å². The van der Waals surface area contributed by atoms with Crippen LogP contribution in [0.25, 0.3) is 22.2 Å². The maximum Gasteiger partial charge on any atom is 0.339 e. The molecule has 0 bridgehead atoms. The van der Waals surface area contributed by atoms with Crippen molar-refractivity contribution in [2.75, 3.05) is 11.9 Å². The standard InChI is InChI=1S/C26H21BrN2O3/c1-16-7-9-18(10-8-16)24-14-21(20-5-3-4-6-23(20)28-24)26(31)32-15-25(30)29-22-12-11-19(27)13-17(22)2/h3-14H,15H2,1-2H3,(H,29,30). The molecule has 0 aliphatic carbocycles.